The topological polar surface area (TPSA) is 75.9 Å². The number of ether oxygens (including phenoxy) is 1. The van der Waals surface area contributed by atoms with Crippen LogP contribution in [0.3, 0.4) is 0 Å². The molecule has 0 bridgehead atoms. The Kier molecular flexibility index (Phi) is 6.29. The van der Waals surface area contributed by atoms with E-state index in [2.05, 4.69) is 20.0 Å². The van der Waals surface area contributed by atoms with Crippen molar-refractivity contribution < 1.29 is 22.7 Å². The fraction of sp³-hybridized carbons (Fsp3) is 0.379. The maximum Gasteiger partial charge on any atom is 0.433 e. The molecule has 1 saturated carbocycles. The molecule has 0 N–H and O–H groups in total. The van der Waals surface area contributed by atoms with E-state index in [1.165, 1.54) is 25.8 Å². The van der Waals surface area contributed by atoms with Crippen molar-refractivity contribution in [3.05, 3.63) is 77.4 Å². The van der Waals surface area contributed by atoms with Crippen molar-refractivity contribution in [3.8, 4) is 17.0 Å². The molecule has 0 spiro atoms. The predicted molar refractivity (Wildman–Crippen MR) is 142 cm³/mol. The van der Waals surface area contributed by atoms with Crippen molar-refractivity contribution in [2.75, 3.05) is 26.7 Å². The Morgan fingerprint density at radius 1 is 1.07 bits per heavy atom. The first-order chi connectivity index (χ1) is 19.1. The average molecular weight is 551 g/mol. The third kappa shape index (κ3) is 4.28. The molecule has 4 heterocycles. The number of pyridine rings is 1. The minimum Gasteiger partial charge on any atom is -0.497 e. The lowest BCUT2D eigenvalue weighted by Crippen LogP contribution is -2.56. The van der Waals surface area contributed by atoms with Gasteiger partial charge in [-0.25, -0.2) is 9.50 Å². The Morgan fingerprint density at radius 3 is 2.38 bits per heavy atom. The molecule has 40 heavy (non-hydrogen) atoms. The van der Waals surface area contributed by atoms with Gasteiger partial charge in [-0.1, -0.05) is 0 Å². The van der Waals surface area contributed by atoms with Gasteiger partial charge in [0.1, 0.15) is 11.3 Å². The summed E-state index contributed by atoms with van der Waals surface area (Å²) in [7, 11) is 1.51. The van der Waals surface area contributed by atoms with E-state index in [0.717, 1.165) is 17.4 Å². The summed E-state index contributed by atoms with van der Waals surface area (Å²) < 4.78 is 48.9. The summed E-state index contributed by atoms with van der Waals surface area (Å²) in [5, 5.41) is 4.00. The Hall–Kier alpha value is -3.99. The van der Waals surface area contributed by atoms with Crippen molar-refractivity contribution in [3.63, 3.8) is 0 Å². The first kappa shape index (κ1) is 26.2. The second-order valence-corrected chi connectivity index (χ2v) is 10.5. The molecule has 4 aromatic rings. The summed E-state index contributed by atoms with van der Waals surface area (Å²) in [6.07, 6.45) is 2.19. The molecule has 208 valence electrons. The van der Waals surface area contributed by atoms with E-state index in [1.807, 2.05) is 19.1 Å². The van der Waals surface area contributed by atoms with Gasteiger partial charge in [0.2, 0.25) is 0 Å². The maximum atomic E-state index is 14.3. The first-order valence-corrected chi connectivity index (χ1v) is 13.2. The Balaban J connectivity index is 1.34. The van der Waals surface area contributed by atoms with Crippen molar-refractivity contribution in [1.29, 1.82) is 0 Å². The van der Waals surface area contributed by atoms with Crippen LogP contribution in [-0.2, 0) is 11.7 Å². The van der Waals surface area contributed by atoms with E-state index < -0.39 is 11.9 Å². The molecule has 2 aliphatic rings. The fourth-order valence-corrected chi connectivity index (χ4v) is 5.96. The van der Waals surface area contributed by atoms with Crippen LogP contribution in [0.4, 0.5) is 13.2 Å². The maximum absolute atomic E-state index is 14.3. The largest absolute Gasteiger partial charge is 0.497 e. The van der Waals surface area contributed by atoms with Gasteiger partial charge in [0, 0.05) is 54.7 Å². The van der Waals surface area contributed by atoms with Crippen molar-refractivity contribution >= 4 is 11.6 Å². The molecule has 2 fully saturated rings. The van der Waals surface area contributed by atoms with Gasteiger partial charge in [-0.2, -0.15) is 18.3 Å². The van der Waals surface area contributed by atoms with Gasteiger partial charge >= 0.3 is 6.18 Å². The lowest BCUT2D eigenvalue weighted by molar-refractivity contribution is -0.143. The number of benzene rings is 1. The first-order valence-electron chi connectivity index (χ1n) is 13.2. The predicted octanol–water partition coefficient (Wildman–Crippen LogP) is 4.96. The Labute approximate surface area is 229 Å². The number of aromatic nitrogens is 4. The van der Waals surface area contributed by atoms with Crippen LogP contribution in [0, 0.1) is 6.92 Å². The molecule has 6 rings (SSSR count). The number of rotatable bonds is 5. The van der Waals surface area contributed by atoms with Gasteiger partial charge in [-0.05, 0) is 68.7 Å². The summed E-state index contributed by atoms with van der Waals surface area (Å²) >= 11 is 0. The Morgan fingerprint density at radius 2 is 1.77 bits per heavy atom. The number of nitrogens with zero attached hydrogens (tertiary/aromatic N) is 6. The van der Waals surface area contributed by atoms with Gasteiger partial charge in [-0.15, -0.1) is 0 Å². The molecule has 3 aromatic heterocycles. The van der Waals surface area contributed by atoms with Crippen molar-refractivity contribution in [2.45, 2.75) is 44.4 Å². The van der Waals surface area contributed by atoms with E-state index in [4.69, 9.17) is 4.74 Å². The van der Waals surface area contributed by atoms with E-state index in [9.17, 15) is 18.0 Å². The number of halogens is 3. The van der Waals surface area contributed by atoms with Crippen LogP contribution in [0.1, 0.15) is 46.9 Å². The van der Waals surface area contributed by atoms with Crippen LogP contribution in [0.25, 0.3) is 16.9 Å². The molecule has 11 heteroatoms. The third-order valence-electron chi connectivity index (χ3n) is 8.18. The highest BCUT2D eigenvalue weighted by Gasteiger charge is 2.51. The lowest BCUT2D eigenvalue weighted by Gasteiger charge is -2.43. The van der Waals surface area contributed by atoms with Gasteiger partial charge in [-0.3, -0.25) is 14.7 Å². The SMILES string of the molecule is COc1ccc(-c2nc3c(C(=O)N4CCN(C5(c6ccncc6)CC5)C[C@H]4C)cnn3c(C(F)(F)F)c2C)cc1. The number of piperazine rings is 1. The van der Waals surface area contributed by atoms with Crippen LogP contribution < -0.4 is 4.74 Å². The molecule has 8 nitrogen and oxygen atoms in total. The zero-order chi connectivity index (χ0) is 28.2. The number of methoxy groups -OCH3 is 1. The number of fused-ring (bicyclic) bond motifs is 1. The summed E-state index contributed by atoms with van der Waals surface area (Å²) in [6.45, 7) is 5.11. The monoisotopic (exact) mass is 550 g/mol. The number of hydrogen-bond acceptors (Lipinski definition) is 6. The van der Waals surface area contributed by atoms with Crippen molar-refractivity contribution in [2.24, 2.45) is 0 Å². The quantitative estimate of drug-likeness (QED) is 0.350. The zero-order valence-electron chi connectivity index (χ0n) is 22.4. The van der Waals surface area contributed by atoms with Crippen molar-refractivity contribution in [1.82, 2.24) is 29.4 Å². The van der Waals surface area contributed by atoms with E-state index in [0.29, 0.717) is 30.9 Å². The number of amides is 1. The summed E-state index contributed by atoms with van der Waals surface area (Å²) in [4.78, 5) is 26.7. The van der Waals surface area contributed by atoms with E-state index in [1.54, 1.807) is 41.6 Å². The van der Waals surface area contributed by atoms with E-state index in [-0.39, 0.29) is 40.0 Å². The molecular formula is C29H29F3N6O2. The fourth-order valence-electron chi connectivity index (χ4n) is 5.96. The molecule has 1 saturated heterocycles. The van der Waals surface area contributed by atoms with Crippen LogP contribution >= 0.6 is 0 Å². The summed E-state index contributed by atoms with van der Waals surface area (Å²) in [5.74, 6) is 0.199. The summed E-state index contributed by atoms with van der Waals surface area (Å²) in [6, 6.07) is 10.6. The van der Waals surface area contributed by atoms with Gasteiger partial charge < -0.3 is 9.64 Å². The van der Waals surface area contributed by atoms with Crippen LogP contribution in [0.2, 0.25) is 0 Å². The van der Waals surface area contributed by atoms with Crippen LogP contribution in [-0.4, -0.2) is 68.1 Å². The smallest absolute Gasteiger partial charge is 0.433 e. The molecule has 1 aliphatic heterocycles. The van der Waals surface area contributed by atoms with Gasteiger partial charge in [0.05, 0.1) is 19.0 Å². The van der Waals surface area contributed by atoms with Crippen LogP contribution in [0.5, 0.6) is 5.75 Å². The number of alkyl halides is 3. The minimum absolute atomic E-state index is 0.0370. The standard InChI is InChI=1S/C29H29F3N6O2/c1-18-17-36(28(10-11-28)21-8-12-33-13-9-21)14-15-37(18)27(39)23-16-34-38-25(29(30,31)32)19(2)24(35-26(23)38)20-4-6-22(40-3)7-5-20/h4-9,12-13,16,18H,10-11,14-15,17H2,1-3H3/t18-/m1/s1. The van der Waals surface area contributed by atoms with Gasteiger partial charge in [0.15, 0.2) is 11.3 Å². The minimum atomic E-state index is -4.71. The lowest BCUT2D eigenvalue weighted by atomic mass is 10.0. The molecule has 1 aromatic carbocycles. The Bertz CT molecular complexity index is 1560. The van der Waals surface area contributed by atoms with Crippen LogP contribution in [0.15, 0.2) is 55.0 Å². The highest BCUT2D eigenvalue weighted by Crippen LogP contribution is 2.51. The highest BCUT2D eigenvalue weighted by molar-refractivity contribution is 6.00. The molecule has 0 unspecified atom stereocenters. The normalized spacial score (nSPS) is 19.1. The highest BCUT2D eigenvalue weighted by atomic mass is 19.4. The second kappa shape index (κ2) is 9.58. The molecule has 1 aliphatic carbocycles. The number of carbonyl (C=O) groups excluding carboxylic acids is 1. The van der Waals surface area contributed by atoms with Gasteiger partial charge in [0.25, 0.3) is 5.91 Å². The van der Waals surface area contributed by atoms with E-state index >= 15 is 0 Å². The molecular weight excluding hydrogens is 521 g/mol. The molecule has 1 atom stereocenters. The number of hydrogen-bond donors (Lipinski definition) is 0. The zero-order valence-corrected chi connectivity index (χ0v) is 22.4. The number of carbonyl (C=O) groups is 1. The third-order valence-corrected chi connectivity index (χ3v) is 8.18. The second-order valence-electron chi connectivity index (χ2n) is 10.5. The molecule has 1 amide bonds. The molecule has 0 radical (unpaired) electrons. The average Bonchev–Trinajstić information content (AvgIpc) is 3.66. The summed E-state index contributed by atoms with van der Waals surface area (Å²) in [5.41, 5.74) is 0.733.